The first kappa shape index (κ1) is 9.38. The first-order valence-corrected chi connectivity index (χ1v) is 5.38. The molecule has 0 spiro atoms. The van der Waals surface area contributed by atoms with Gasteiger partial charge in [0.1, 0.15) is 0 Å². The molecule has 2 nitrogen and oxygen atoms in total. The Labute approximate surface area is 85.5 Å². The third kappa shape index (κ3) is 2.00. The Morgan fingerprint density at radius 2 is 1.93 bits per heavy atom. The first-order valence-electron chi connectivity index (χ1n) is 5.38. The van der Waals surface area contributed by atoms with Gasteiger partial charge in [0.15, 0.2) is 0 Å². The number of hydrogen-bond acceptors (Lipinski definition) is 2. The van der Waals surface area contributed by atoms with E-state index in [1.165, 1.54) is 31.4 Å². The molecular weight excluding hydrogens is 172 g/mol. The van der Waals surface area contributed by atoms with Crippen molar-refractivity contribution in [3.63, 3.8) is 0 Å². The van der Waals surface area contributed by atoms with E-state index in [2.05, 4.69) is 24.4 Å². The van der Waals surface area contributed by atoms with Crippen molar-refractivity contribution >= 4 is 11.4 Å². The zero-order valence-corrected chi connectivity index (χ0v) is 8.72. The maximum Gasteiger partial charge on any atom is 0.0375 e. The standard InChI is InChI=1S/C12H18N2/c1-2-7-12(8-9-12)14-11-5-3-10(13)4-6-11/h3-6,14H,2,7-9,13H2,1H3. The van der Waals surface area contributed by atoms with Gasteiger partial charge in [-0.15, -0.1) is 0 Å². The van der Waals surface area contributed by atoms with Crippen LogP contribution in [-0.4, -0.2) is 5.54 Å². The molecule has 1 aliphatic carbocycles. The molecule has 1 aromatic rings. The van der Waals surface area contributed by atoms with Gasteiger partial charge < -0.3 is 11.1 Å². The summed E-state index contributed by atoms with van der Waals surface area (Å²) in [5, 5.41) is 3.60. The molecule has 14 heavy (non-hydrogen) atoms. The van der Waals surface area contributed by atoms with Crippen molar-refractivity contribution < 1.29 is 0 Å². The molecule has 0 aromatic heterocycles. The maximum atomic E-state index is 5.64. The molecule has 3 N–H and O–H groups in total. The second-order valence-electron chi connectivity index (χ2n) is 4.28. The SMILES string of the molecule is CCCC1(Nc2ccc(N)cc2)CC1. The van der Waals surface area contributed by atoms with Crippen LogP contribution in [0.5, 0.6) is 0 Å². The predicted octanol–water partition coefficient (Wildman–Crippen LogP) is 3.01. The number of nitrogens with two attached hydrogens (primary N) is 1. The fourth-order valence-corrected chi connectivity index (χ4v) is 1.94. The highest BCUT2D eigenvalue weighted by Gasteiger charge is 2.41. The summed E-state index contributed by atoms with van der Waals surface area (Å²) in [6, 6.07) is 8.02. The van der Waals surface area contributed by atoms with E-state index in [0.29, 0.717) is 5.54 Å². The number of benzene rings is 1. The van der Waals surface area contributed by atoms with E-state index < -0.39 is 0 Å². The smallest absolute Gasteiger partial charge is 0.0375 e. The average Bonchev–Trinajstić information content (AvgIpc) is 2.90. The fourth-order valence-electron chi connectivity index (χ4n) is 1.94. The molecule has 1 saturated carbocycles. The van der Waals surface area contributed by atoms with Gasteiger partial charge >= 0.3 is 0 Å². The monoisotopic (exact) mass is 190 g/mol. The van der Waals surface area contributed by atoms with E-state index in [-0.39, 0.29) is 0 Å². The van der Waals surface area contributed by atoms with Crippen molar-refractivity contribution in [1.29, 1.82) is 0 Å². The minimum Gasteiger partial charge on any atom is -0.399 e. The summed E-state index contributed by atoms with van der Waals surface area (Å²) in [5.41, 5.74) is 8.07. The minimum atomic E-state index is 0.408. The summed E-state index contributed by atoms with van der Waals surface area (Å²) < 4.78 is 0. The van der Waals surface area contributed by atoms with E-state index in [1.807, 2.05) is 12.1 Å². The van der Waals surface area contributed by atoms with Gasteiger partial charge in [-0.05, 0) is 43.5 Å². The Morgan fingerprint density at radius 3 is 2.43 bits per heavy atom. The average molecular weight is 190 g/mol. The van der Waals surface area contributed by atoms with Crippen molar-refractivity contribution in [2.75, 3.05) is 11.1 Å². The highest BCUT2D eigenvalue weighted by atomic mass is 15.0. The molecule has 1 aliphatic rings. The molecule has 0 unspecified atom stereocenters. The van der Waals surface area contributed by atoms with Crippen molar-refractivity contribution in [2.24, 2.45) is 0 Å². The lowest BCUT2D eigenvalue weighted by Gasteiger charge is -2.17. The van der Waals surface area contributed by atoms with Gasteiger partial charge in [-0.25, -0.2) is 0 Å². The third-order valence-corrected chi connectivity index (χ3v) is 2.90. The summed E-state index contributed by atoms with van der Waals surface area (Å²) in [6.07, 6.45) is 5.15. The van der Waals surface area contributed by atoms with Crippen LogP contribution in [0.2, 0.25) is 0 Å². The summed E-state index contributed by atoms with van der Waals surface area (Å²) in [7, 11) is 0. The molecule has 0 atom stereocenters. The van der Waals surface area contributed by atoms with Crippen molar-refractivity contribution in [3.8, 4) is 0 Å². The lowest BCUT2D eigenvalue weighted by atomic mass is 10.1. The summed E-state index contributed by atoms with van der Waals surface area (Å²) >= 11 is 0. The molecule has 2 heteroatoms. The predicted molar refractivity (Wildman–Crippen MR) is 61.4 cm³/mol. The summed E-state index contributed by atoms with van der Waals surface area (Å²) in [6.45, 7) is 2.24. The quantitative estimate of drug-likeness (QED) is 0.716. The minimum absolute atomic E-state index is 0.408. The van der Waals surface area contributed by atoms with Gasteiger partial charge in [0.25, 0.3) is 0 Å². The number of rotatable bonds is 4. The molecule has 0 radical (unpaired) electrons. The fraction of sp³-hybridized carbons (Fsp3) is 0.500. The lowest BCUT2D eigenvalue weighted by Crippen LogP contribution is -2.20. The van der Waals surface area contributed by atoms with E-state index >= 15 is 0 Å². The Kier molecular flexibility index (Phi) is 2.36. The van der Waals surface area contributed by atoms with Gasteiger partial charge in [-0.1, -0.05) is 13.3 Å². The van der Waals surface area contributed by atoms with Crippen LogP contribution in [0.15, 0.2) is 24.3 Å². The molecule has 0 heterocycles. The number of nitrogen functional groups attached to an aromatic ring is 1. The molecule has 0 amide bonds. The Bertz CT molecular complexity index is 299. The molecule has 0 saturated heterocycles. The van der Waals surface area contributed by atoms with Crippen molar-refractivity contribution in [2.45, 2.75) is 38.1 Å². The normalized spacial score (nSPS) is 17.8. The van der Waals surface area contributed by atoms with E-state index in [1.54, 1.807) is 0 Å². The summed E-state index contributed by atoms with van der Waals surface area (Å²) in [5.74, 6) is 0. The van der Waals surface area contributed by atoms with Crippen molar-refractivity contribution in [3.05, 3.63) is 24.3 Å². The van der Waals surface area contributed by atoms with Crippen LogP contribution in [-0.2, 0) is 0 Å². The van der Waals surface area contributed by atoms with E-state index in [9.17, 15) is 0 Å². The van der Waals surface area contributed by atoms with Crippen LogP contribution < -0.4 is 11.1 Å². The van der Waals surface area contributed by atoms with Crippen LogP contribution >= 0.6 is 0 Å². The molecule has 0 bridgehead atoms. The largest absolute Gasteiger partial charge is 0.399 e. The topological polar surface area (TPSA) is 38.0 Å². The first-order chi connectivity index (χ1) is 6.74. The van der Waals surface area contributed by atoms with Crippen LogP contribution in [0, 0.1) is 0 Å². The Balaban J connectivity index is 2.00. The molecule has 2 rings (SSSR count). The summed E-state index contributed by atoms with van der Waals surface area (Å²) in [4.78, 5) is 0. The molecule has 0 aliphatic heterocycles. The molecule has 1 fully saturated rings. The van der Waals surface area contributed by atoms with Crippen LogP contribution in [0.25, 0.3) is 0 Å². The lowest BCUT2D eigenvalue weighted by molar-refractivity contribution is 0.639. The van der Waals surface area contributed by atoms with Crippen LogP contribution in [0.3, 0.4) is 0 Å². The zero-order valence-electron chi connectivity index (χ0n) is 8.72. The third-order valence-electron chi connectivity index (χ3n) is 2.90. The van der Waals surface area contributed by atoms with E-state index in [4.69, 9.17) is 5.73 Å². The highest BCUT2D eigenvalue weighted by Crippen LogP contribution is 2.42. The van der Waals surface area contributed by atoms with Gasteiger partial charge in [0, 0.05) is 16.9 Å². The molecule has 1 aromatic carbocycles. The van der Waals surface area contributed by atoms with E-state index in [0.717, 1.165) is 5.69 Å². The number of anilines is 2. The van der Waals surface area contributed by atoms with Crippen LogP contribution in [0.1, 0.15) is 32.6 Å². The van der Waals surface area contributed by atoms with Gasteiger partial charge in [-0.3, -0.25) is 0 Å². The van der Waals surface area contributed by atoms with Crippen molar-refractivity contribution in [1.82, 2.24) is 0 Å². The molecule has 76 valence electrons. The second-order valence-corrected chi connectivity index (χ2v) is 4.28. The maximum absolute atomic E-state index is 5.64. The highest BCUT2D eigenvalue weighted by molar-refractivity contribution is 5.53. The second kappa shape index (κ2) is 3.52. The van der Waals surface area contributed by atoms with Gasteiger partial charge in [0.05, 0.1) is 0 Å². The molecular formula is C12H18N2. The Hall–Kier alpha value is -1.18. The number of nitrogens with one attached hydrogen (secondary N) is 1. The van der Waals surface area contributed by atoms with Crippen LogP contribution in [0.4, 0.5) is 11.4 Å². The number of hydrogen-bond donors (Lipinski definition) is 2. The zero-order chi connectivity index (χ0) is 10.0. The Morgan fingerprint density at radius 1 is 1.29 bits per heavy atom. The van der Waals surface area contributed by atoms with Gasteiger partial charge in [-0.2, -0.15) is 0 Å². The van der Waals surface area contributed by atoms with Gasteiger partial charge in [0.2, 0.25) is 0 Å².